The molecule has 2 aromatic heterocycles. The van der Waals surface area contributed by atoms with Crippen LogP contribution in [-0.2, 0) is 10.0 Å². The summed E-state index contributed by atoms with van der Waals surface area (Å²) in [5.74, 6) is 1.70. The van der Waals surface area contributed by atoms with E-state index < -0.39 is 10.0 Å². The fraction of sp³-hybridized carbons (Fsp3) is 0.381. The monoisotopic (exact) mass is 442 g/mol. The van der Waals surface area contributed by atoms with E-state index in [2.05, 4.69) is 30.1 Å². The number of aromatic nitrogens is 3. The fourth-order valence-electron chi connectivity index (χ4n) is 3.69. The number of nitrogens with zero attached hydrogens (tertiary/aromatic N) is 4. The average molecular weight is 443 g/mol. The van der Waals surface area contributed by atoms with Gasteiger partial charge in [-0.3, -0.25) is 4.72 Å². The van der Waals surface area contributed by atoms with Gasteiger partial charge in [-0.1, -0.05) is 5.16 Å². The summed E-state index contributed by atoms with van der Waals surface area (Å²) in [5, 5.41) is 6.99. The van der Waals surface area contributed by atoms with Gasteiger partial charge >= 0.3 is 0 Å². The molecule has 31 heavy (non-hydrogen) atoms. The van der Waals surface area contributed by atoms with E-state index in [0.29, 0.717) is 17.2 Å². The molecular formula is C21H26N6O3S. The first-order valence-corrected chi connectivity index (χ1v) is 11.7. The van der Waals surface area contributed by atoms with Gasteiger partial charge in [0.1, 0.15) is 11.5 Å². The van der Waals surface area contributed by atoms with Crippen molar-refractivity contribution in [2.75, 3.05) is 28.0 Å². The van der Waals surface area contributed by atoms with Crippen LogP contribution in [0.5, 0.6) is 0 Å². The summed E-state index contributed by atoms with van der Waals surface area (Å²) < 4.78 is 32.9. The Bertz CT molecular complexity index is 1150. The molecule has 1 saturated heterocycles. The van der Waals surface area contributed by atoms with Crippen molar-refractivity contribution in [2.45, 2.75) is 44.9 Å². The third-order valence-corrected chi connectivity index (χ3v) is 6.75. The highest BCUT2D eigenvalue weighted by molar-refractivity contribution is 7.92. The van der Waals surface area contributed by atoms with Crippen LogP contribution >= 0.6 is 0 Å². The van der Waals surface area contributed by atoms with Crippen molar-refractivity contribution in [2.24, 2.45) is 0 Å². The Morgan fingerprint density at radius 1 is 0.968 bits per heavy atom. The van der Waals surface area contributed by atoms with Gasteiger partial charge in [0.2, 0.25) is 5.95 Å². The molecule has 0 amide bonds. The summed E-state index contributed by atoms with van der Waals surface area (Å²) in [4.78, 5) is 11.5. The van der Waals surface area contributed by atoms with E-state index in [1.54, 1.807) is 38.1 Å². The van der Waals surface area contributed by atoms with E-state index in [-0.39, 0.29) is 10.7 Å². The maximum Gasteiger partial charge on any atom is 0.267 e. The van der Waals surface area contributed by atoms with E-state index in [4.69, 9.17) is 4.52 Å². The highest BCUT2D eigenvalue weighted by atomic mass is 32.2. The van der Waals surface area contributed by atoms with Gasteiger partial charge in [0, 0.05) is 36.2 Å². The fourth-order valence-corrected chi connectivity index (χ4v) is 5.08. The molecule has 1 aliphatic rings. The van der Waals surface area contributed by atoms with Crippen LogP contribution in [0.15, 0.2) is 39.8 Å². The standard InChI is InChI=1S/C21H26N6O3S/c1-14-13-19(24-21(22-14)27-11-5-4-6-12-27)23-17-7-9-18(10-8-17)26-31(28,29)20-15(2)25-30-16(20)3/h7-10,13,26H,4-6,11-12H2,1-3H3,(H,22,23,24). The Morgan fingerprint density at radius 3 is 2.29 bits per heavy atom. The molecule has 1 fully saturated rings. The first-order chi connectivity index (χ1) is 14.8. The Labute approximate surface area is 181 Å². The number of nitrogens with one attached hydrogen (secondary N) is 2. The highest BCUT2D eigenvalue weighted by Gasteiger charge is 2.24. The molecule has 0 aliphatic carbocycles. The summed E-state index contributed by atoms with van der Waals surface area (Å²) in [7, 11) is -3.78. The van der Waals surface area contributed by atoms with Crippen LogP contribution in [0, 0.1) is 20.8 Å². The van der Waals surface area contributed by atoms with Gasteiger partial charge in [0.05, 0.1) is 0 Å². The van der Waals surface area contributed by atoms with E-state index in [1.807, 2.05) is 13.0 Å². The topological polar surface area (TPSA) is 113 Å². The summed E-state index contributed by atoms with van der Waals surface area (Å²) in [6.07, 6.45) is 3.57. The summed E-state index contributed by atoms with van der Waals surface area (Å²) in [6.45, 7) is 7.07. The molecule has 0 unspecified atom stereocenters. The predicted octanol–water partition coefficient (Wildman–Crippen LogP) is 3.92. The molecule has 2 N–H and O–H groups in total. The molecule has 0 saturated carbocycles. The second-order valence-corrected chi connectivity index (χ2v) is 9.32. The van der Waals surface area contributed by atoms with Crippen molar-refractivity contribution in [3.63, 3.8) is 0 Å². The first kappa shape index (κ1) is 21.1. The third kappa shape index (κ3) is 4.79. The quantitative estimate of drug-likeness (QED) is 0.590. The predicted molar refractivity (Wildman–Crippen MR) is 119 cm³/mol. The van der Waals surface area contributed by atoms with Crippen molar-refractivity contribution in [3.8, 4) is 0 Å². The van der Waals surface area contributed by atoms with Crippen LogP contribution in [-0.4, -0.2) is 36.6 Å². The smallest absolute Gasteiger partial charge is 0.267 e. The number of hydrogen-bond donors (Lipinski definition) is 2. The minimum absolute atomic E-state index is 0.0661. The molecule has 3 aromatic rings. The van der Waals surface area contributed by atoms with E-state index in [9.17, 15) is 8.42 Å². The number of hydrogen-bond acceptors (Lipinski definition) is 8. The number of benzene rings is 1. The number of anilines is 4. The SMILES string of the molecule is Cc1cc(Nc2ccc(NS(=O)(=O)c3c(C)noc3C)cc2)nc(N2CCCCC2)n1. The van der Waals surface area contributed by atoms with Gasteiger partial charge in [0.25, 0.3) is 10.0 Å². The van der Waals surface area contributed by atoms with Gasteiger partial charge in [-0.15, -0.1) is 0 Å². The molecule has 1 aliphatic heterocycles. The Morgan fingerprint density at radius 2 is 1.65 bits per heavy atom. The highest BCUT2D eigenvalue weighted by Crippen LogP contribution is 2.25. The van der Waals surface area contributed by atoms with E-state index in [1.165, 1.54) is 6.42 Å². The van der Waals surface area contributed by atoms with Crippen LogP contribution in [0.1, 0.15) is 36.4 Å². The minimum Gasteiger partial charge on any atom is -0.360 e. The Balaban J connectivity index is 1.48. The zero-order valence-electron chi connectivity index (χ0n) is 17.8. The van der Waals surface area contributed by atoms with Crippen LogP contribution in [0.4, 0.5) is 23.1 Å². The Kier molecular flexibility index (Phi) is 5.81. The molecule has 0 spiro atoms. The molecular weight excluding hydrogens is 416 g/mol. The van der Waals surface area contributed by atoms with Gasteiger partial charge in [-0.25, -0.2) is 13.4 Å². The number of piperidine rings is 1. The minimum atomic E-state index is -3.78. The molecule has 0 atom stereocenters. The normalized spacial score (nSPS) is 14.5. The van der Waals surface area contributed by atoms with Gasteiger partial charge < -0.3 is 14.7 Å². The third-order valence-electron chi connectivity index (χ3n) is 5.13. The van der Waals surface area contributed by atoms with Crippen LogP contribution in [0.3, 0.4) is 0 Å². The largest absolute Gasteiger partial charge is 0.360 e. The molecule has 0 bridgehead atoms. The first-order valence-electron chi connectivity index (χ1n) is 10.3. The van der Waals surface area contributed by atoms with Crippen molar-refractivity contribution in [1.82, 2.24) is 15.1 Å². The van der Waals surface area contributed by atoms with Gasteiger partial charge in [-0.2, -0.15) is 4.98 Å². The van der Waals surface area contributed by atoms with Crippen molar-refractivity contribution < 1.29 is 12.9 Å². The molecule has 1 aromatic carbocycles. The lowest BCUT2D eigenvalue weighted by atomic mass is 10.1. The lowest BCUT2D eigenvalue weighted by Crippen LogP contribution is -2.31. The van der Waals surface area contributed by atoms with Gasteiger partial charge in [-0.05, 0) is 64.3 Å². The maximum atomic E-state index is 12.7. The van der Waals surface area contributed by atoms with E-state index >= 15 is 0 Å². The second kappa shape index (κ2) is 8.54. The zero-order valence-corrected chi connectivity index (χ0v) is 18.7. The molecule has 10 heteroatoms. The lowest BCUT2D eigenvalue weighted by molar-refractivity contribution is 0.390. The molecule has 0 radical (unpaired) electrons. The van der Waals surface area contributed by atoms with Crippen LogP contribution in [0.25, 0.3) is 0 Å². The molecule has 164 valence electrons. The van der Waals surface area contributed by atoms with Crippen LogP contribution in [0.2, 0.25) is 0 Å². The summed E-state index contributed by atoms with van der Waals surface area (Å²) in [6, 6.07) is 8.86. The van der Waals surface area contributed by atoms with Crippen LogP contribution < -0.4 is 14.9 Å². The number of sulfonamides is 1. The van der Waals surface area contributed by atoms with Crippen molar-refractivity contribution in [1.29, 1.82) is 0 Å². The molecule has 4 rings (SSSR count). The van der Waals surface area contributed by atoms with E-state index in [0.717, 1.165) is 43.3 Å². The van der Waals surface area contributed by atoms with Crippen molar-refractivity contribution >= 4 is 33.2 Å². The number of aryl methyl sites for hydroxylation is 3. The maximum absolute atomic E-state index is 12.7. The summed E-state index contributed by atoms with van der Waals surface area (Å²) in [5.41, 5.74) is 2.45. The van der Waals surface area contributed by atoms with Gasteiger partial charge in [0.15, 0.2) is 10.7 Å². The Hall–Kier alpha value is -3.14. The summed E-state index contributed by atoms with van der Waals surface area (Å²) >= 11 is 0. The van der Waals surface area contributed by atoms with Crippen molar-refractivity contribution in [3.05, 3.63) is 47.5 Å². The number of rotatable bonds is 6. The second-order valence-electron chi connectivity index (χ2n) is 7.70. The average Bonchev–Trinajstić information content (AvgIpc) is 3.08. The zero-order chi connectivity index (χ0) is 22.0. The lowest BCUT2D eigenvalue weighted by Gasteiger charge is -2.27. The molecule has 3 heterocycles. The molecule has 9 nitrogen and oxygen atoms in total.